The first-order valence-electron chi connectivity index (χ1n) is 14.2. The van der Waals surface area contributed by atoms with Crippen LogP contribution in [0.25, 0.3) is 0 Å². The van der Waals surface area contributed by atoms with Crippen LogP contribution < -0.4 is 5.73 Å². The summed E-state index contributed by atoms with van der Waals surface area (Å²) in [5, 5.41) is 0. The van der Waals surface area contributed by atoms with Crippen LogP contribution in [0.5, 0.6) is 0 Å². The second kappa shape index (κ2) is 9.67. The topological polar surface area (TPSA) is 52.3 Å². The molecule has 3 nitrogen and oxygen atoms in total. The fourth-order valence-electron chi connectivity index (χ4n) is 9.02. The molecule has 0 radical (unpaired) electrons. The molecule has 0 saturated heterocycles. The quantitative estimate of drug-likeness (QED) is 0.322. The average Bonchev–Trinajstić information content (AvgIpc) is 3.11. The molecule has 0 spiro atoms. The number of esters is 1. The van der Waals surface area contributed by atoms with Crippen molar-refractivity contribution in [3.05, 3.63) is 11.6 Å². The van der Waals surface area contributed by atoms with Crippen LogP contribution in [0.15, 0.2) is 11.6 Å². The number of hydrogen-bond donors (Lipinski definition) is 1. The predicted octanol–water partition coefficient (Wildman–Crippen LogP) is 7.29. The van der Waals surface area contributed by atoms with Gasteiger partial charge in [-0.25, -0.2) is 0 Å². The summed E-state index contributed by atoms with van der Waals surface area (Å²) in [6.07, 6.45) is 16.9. The third-order valence-corrected chi connectivity index (χ3v) is 10.9. The fourth-order valence-corrected chi connectivity index (χ4v) is 9.02. The normalized spacial score (nSPS) is 42.1. The van der Waals surface area contributed by atoms with Crippen molar-refractivity contribution in [1.29, 1.82) is 0 Å². The molecule has 3 saturated carbocycles. The molecule has 2 unspecified atom stereocenters. The molecule has 33 heavy (non-hydrogen) atoms. The minimum absolute atomic E-state index is 0.0239. The van der Waals surface area contributed by atoms with Crippen molar-refractivity contribution in [3.63, 3.8) is 0 Å². The van der Waals surface area contributed by atoms with Gasteiger partial charge in [0, 0.05) is 6.42 Å². The average molecular weight is 458 g/mol. The summed E-state index contributed by atoms with van der Waals surface area (Å²) in [7, 11) is 0. The van der Waals surface area contributed by atoms with E-state index in [1.807, 2.05) is 0 Å². The monoisotopic (exact) mass is 457 g/mol. The number of rotatable bonds is 7. The molecule has 0 heterocycles. The van der Waals surface area contributed by atoms with E-state index in [1.165, 1.54) is 51.4 Å². The first-order chi connectivity index (χ1) is 15.6. The Morgan fingerprint density at radius 1 is 1.06 bits per heavy atom. The molecular weight excluding hydrogens is 406 g/mol. The van der Waals surface area contributed by atoms with Crippen molar-refractivity contribution in [2.75, 3.05) is 0 Å². The second-order valence-electron chi connectivity index (χ2n) is 13.4. The maximum absolute atomic E-state index is 12.1. The highest BCUT2D eigenvalue weighted by Crippen LogP contribution is 2.67. The van der Waals surface area contributed by atoms with E-state index in [0.717, 1.165) is 54.8 Å². The molecule has 2 N–H and O–H groups in total. The molecule has 0 aromatic rings. The Balaban J connectivity index is 1.45. The largest absolute Gasteiger partial charge is 0.461 e. The zero-order valence-corrected chi connectivity index (χ0v) is 22.4. The van der Waals surface area contributed by atoms with E-state index < -0.39 is 6.04 Å². The highest BCUT2D eigenvalue weighted by atomic mass is 16.5. The standard InChI is InChI=1S/C30H51NO2/c1-19(2)8-7-9-20(3)25-12-13-26-24-11-10-22-18-23(33-28(32)21(4)31)14-16-29(22,5)27(24)15-17-30(25,26)6/h10,19-21,23-27H,7-9,11-18,31H2,1-6H3/t20-,21?,23?,24+,25-,26+,27+,29+,30-/m1/s1. The minimum Gasteiger partial charge on any atom is -0.461 e. The number of carbonyl (C=O) groups is 1. The van der Waals surface area contributed by atoms with E-state index in [-0.39, 0.29) is 12.1 Å². The lowest BCUT2D eigenvalue weighted by atomic mass is 9.47. The van der Waals surface area contributed by atoms with Crippen LogP contribution >= 0.6 is 0 Å². The van der Waals surface area contributed by atoms with Gasteiger partial charge < -0.3 is 10.5 Å². The molecule has 0 aromatic heterocycles. The molecule has 4 aliphatic rings. The number of ether oxygens (including phenoxy) is 1. The van der Waals surface area contributed by atoms with Crippen molar-refractivity contribution in [2.24, 2.45) is 52.1 Å². The van der Waals surface area contributed by atoms with Gasteiger partial charge in [-0.1, -0.05) is 65.5 Å². The van der Waals surface area contributed by atoms with Crippen LogP contribution in [-0.4, -0.2) is 18.1 Å². The smallest absolute Gasteiger partial charge is 0.322 e. The van der Waals surface area contributed by atoms with Gasteiger partial charge >= 0.3 is 5.97 Å². The number of hydrogen-bond acceptors (Lipinski definition) is 3. The van der Waals surface area contributed by atoms with Crippen molar-refractivity contribution in [1.82, 2.24) is 0 Å². The third kappa shape index (κ3) is 4.69. The molecule has 9 atom stereocenters. The number of carbonyl (C=O) groups excluding carboxylic acids is 1. The molecule has 3 fully saturated rings. The summed E-state index contributed by atoms with van der Waals surface area (Å²) in [5.74, 6) is 4.95. The van der Waals surface area contributed by atoms with Crippen molar-refractivity contribution in [3.8, 4) is 0 Å². The summed E-state index contributed by atoms with van der Waals surface area (Å²) < 4.78 is 5.75. The highest BCUT2D eigenvalue weighted by molar-refractivity contribution is 5.75. The molecule has 4 aliphatic carbocycles. The first kappa shape index (κ1) is 25.3. The molecule has 3 heteroatoms. The molecule has 0 aliphatic heterocycles. The minimum atomic E-state index is -0.526. The van der Waals surface area contributed by atoms with E-state index in [4.69, 9.17) is 10.5 Å². The van der Waals surface area contributed by atoms with Crippen molar-refractivity contribution >= 4 is 5.97 Å². The van der Waals surface area contributed by atoms with E-state index in [2.05, 4.69) is 40.7 Å². The lowest BCUT2D eigenvalue weighted by Crippen LogP contribution is -2.51. The maximum atomic E-state index is 12.1. The van der Waals surface area contributed by atoms with Gasteiger partial charge in [-0.3, -0.25) is 4.79 Å². The van der Waals surface area contributed by atoms with Gasteiger partial charge in [0.15, 0.2) is 0 Å². The molecule has 4 rings (SSSR count). The number of fused-ring (bicyclic) bond motifs is 5. The second-order valence-corrected chi connectivity index (χ2v) is 13.4. The highest BCUT2D eigenvalue weighted by Gasteiger charge is 2.59. The summed E-state index contributed by atoms with van der Waals surface area (Å²) in [6, 6.07) is -0.526. The van der Waals surface area contributed by atoms with Crippen LogP contribution in [0.4, 0.5) is 0 Å². The molecule has 188 valence electrons. The zero-order chi connectivity index (χ0) is 24.0. The number of nitrogens with two attached hydrogens (primary N) is 1. The molecular formula is C30H51NO2. The van der Waals surface area contributed by atoms with Crippen LogP contribution in [0.1, 0.15) is 112 Å². The van der Waals surface area contributed by atoms with E-state index in [1.54, 1.807) is 12.5 Å². The maximum Gasteiger partial charge on any atom is 0.322 e. The van der Waals surface area contributed by atoms with Crippen LogP contribution in [-0.2, 0) is 9.53 Å². The lowest BCUT2D eigenvalue weighted by molar-refractivity contribution is -0.152. The van der Waals surface area contributed by atoms with E-state index in [0.29, 0.717) is 10.8 Å². The lowest BCUT2D eigenvalue weighted by Gasteiger charge is -2.58. The molecule has 0 amide bonds. The fraction of sp³-hybridized carbons (Fsp3) is 0.900. The predicted molar refractivity (Wildman–Crippen MR) is 137 cm³/mol. The van der Waals surface area contributed by atoms with Gasteiger partial charge in [-0.2, -0.15) is 0 Å². The van der Waals surface area contributed by atoms with Gasteiger partial charge in [-0.05, 0) is 98.2 Å². The Bertz CT molecular complexity index is 742. The van der Waals surface area contributed by atoms with E-state index >= 15 is 0 Å². The zero-order valence-electron chi connectivity index (χ0n) is 22.4. The Labute approximate surface area is 203 Å². The summed E-state index contributed by atoms with van der Waals surface area (Å²) in [5.41, 5.74) is 8.18. The van der Waals surface area contributed by atoms with Gasteiger partial charge in [0.25, 0.3) is 0 Å². The van der Waals surface area contributed by atoms with Gasteiger partial charge in [0.1, 0.15) is 12.1 Å². The number of allylic oxidation sites excluding steroid dienone is 1. The van der Waals surface area contributed by atoms with Crippen LogP contribution in [0.3, 0.4) is 0 Å². The first-order valence-corrected chi connectivity index (χ1v) is 14.2. The van der Waals surface area contributed by atoms with Gasteiger partial charge in [-0.15, -0.1) is 0 Å². The Morgan fingerprint density at radius 2 is 1.82 bits per heavy atom. The van der Waals surface area contributed by atoms with E-state index in [9.17, 15) is 4.79 Å². The summed E-state index contributed by atoms with van der Waals surface area (Å²) >= 11 is 0. The molecule has 0 aromatic carbocycles. The van der Waals surface area contributed by atoms with Crippen molar-refractivity contribution in [2.45, 2.75) is 124 Å². The molecule has 0 bridgehead atoms. The Kier molecular flexibility index (Phi) is 7.40. The van der Waals surface area contributed by atoms with Gasteiger partial charge in [0.2, 0.25) is 0 Å². The van der Waals surface area contributed by atoms with Crippen LogP contribution in [0.2, 0.25) is 0 Å². The summed E-state index contributed by atoms with van der Waals surface area (Å²) in [4.78, 5) is 12.1. The SMILES string of the molecule is CC(C)CCC[C@@H](C)[C@H]1CC[C@H]2[C@@H]3CC=C4CC(OC(=O)C(C)N)CC[C@]4(C)[C@H]3CC[C@]12C. The Morgan fingerprint density at radius 3 is 2.52 bits per heavy atom. The van der Waals surface area contributed by atoms with Crippen LogP contribution in [0, 0.1) is 46.3 Å². The summed E-state index contributed by atoms with van der Waals surface area (Å²) in [6.45, 7) is 14.2. The Hall–Kier alpha value is -0.830. The third-order valence-electron chi connectivity index (χ3n) is 10.9. The van der Waals surface area contributed by atoms with Gasteiger partial charge in [0.05, 0.1) is 0 Å². The van der Waals surface area contributed by atoms with Crippen molar-refractivity contribution < 1.29 is 9.53 Å².